The standard InChI is InChI=1S/C9H13N3O/c10-7(6-9(11)13)5-8-3-1-2-4-12-8/h1-4,7H,5-6,10H2,(H2,11,13). The Morgan fingerprint density at radius 2 is 2.31 bits per heavy atom. The fourth-order valence-corrected chi connectivity index (χ4v) is 1.12. The van der Waals surface area contributed by atoms with Gasteiger partial charge in [-0.3, -0.25) is 9.78 Å². The summed E-state index contributed by atoms with van der Waals surface area (Å²) in [5.74, 6) is -0.372. The Balaban J connectivity index is 2.45. The number of carbonyl (C=O) groups excluding carboxylic acids is 1. The van der Waals surface area contributed by atoms with Crippen LogP contribution in [0.3, 0.4) is 0 Å². The summed E-state index contributed by atoms with van der Waals surface area (Å²) >= 11 is 0. The van der Waals surface area contributed by atoms with Gasteiger partial charge in [0.25, 0.3) is 0 Å². The van der Waals surface area contributed by atoms with E-state index in [1.54, 1.807) is 6.20 Å². The topological polar surface area (TPSA) is 82.0 Å². The molecule has 4 N–H and O–H groups in total. The molecule has 0 saturated heterocycles. The maximum atomic E-state index is 10.5. The maximum Gasteiger partial charge on any atom is 0.218 e. The van der Waals surface area contributed by atoms with Crippen LogP contribution in [0.15, 0.2) is 24.4 Å². The molecular formula is C9H13N3O. The first-order chi connectivity index (χ1) is 6.18. The third kappa shape index (κ3) is 3.66. The molecule has 1 amide bonds. The lowest BCUT2D eigenvalue weighted by Crippen LogP contribution is -2.29. The Morgan fingerprint density at radius 1 is 1.54 bits per heavy atom. The number of nitrogens with zero attached hydrogens (tertiary/aromatic N) is 1. The van der Waals surface area contributed by atoms with E-state index in [-0.39, 0.29) is 18.4 Å². The molecule has 4 nitrogen and oxygen atoms in total. The Bertz CT molecular complexity index is 273. The Kier molecular flexibility index (Phi) is 3.40. The Hall–Kier alpha value is -1.42. The smallest absolute Gasteiger partial charge is 0.218 e. The van der Waals surface area contributed by atoms with Crippen molar-refractivity contribution in [3.63, 3.8) is 0 Å². The van der Waals surface area contributed by atoms with E-state index >= 15 is 0 Å². The molecule has 1 aromatic heterocycles. The molecule has 0 bridgehead atoms. The highest BCUT2D eigenvalue weighted by Crippen LogP contribution is 1.99. The predicted octanol–water partition coefficient (Wildman–Crippen LogP) is -0.173. The van der Waals surface area contributed by atoms with Crippen molar-refractivity contribution >= 4 is 5.91 Å². The summed E-state index contributed by atoms with van der Waals surface area (Å²) in [4.78, 5) is 14.6. The van der Waals surface area contributed by atoms with E-state index in [4.69, 9.17) is 11.5 Å². The molecule has 1 heterocycles. The van der Waals surface area contributed by atoms with E-state index in [1.807, 2.05) is 18.2 Å². The van der Waals surface area contributed by atoms with Gasteiger partial charge in [-0.1, -0.05) is 6.07 Å². The van der Waals surface area contributed by atoms with Crippen molar-refractivity contribution in [1.29, 1.82) is 0 Å². The molecule has 13 heavy (non-hydrogen) atoms. The SMILES string of the molecule is NC(=O)CC(N)Cc1ccccn1. The minimum absolute atomic E-state index is 0.205. The molecular weight excluding hydrogens is 166 g/mol. The molecule has 0 aliphatic rings. The van der Waals surface area contributed by atoms with Gasteiger partial charge >= 0.3 is 0 Å². The minimum Gasteiger partial charge on any atom is -0.370 e. The summed E-state index contributed by atoms with van der Waals surface area (Å²) in [6.45, 7) is 0. The first kappa shape index (κ1) is 9.67. The van der Waals surface area contributed by atoms with Gasteiger partial charge < -0.3 is 11.5 Å². The zero-order valence-corrected chi connectivity index (χ0v) is 7.31. The highest BCUT2D eigenvalue weighted by atomic mass is 16.1. The van der Waals surface area contributed by atoms with Crippen LogP contribution in [-0.2, 0) is 11.2 Å². The summed E-state index contributed by atoms with van der Waals surface area (Å²) < 4.78 is 0. The normalized spacial score (nSPS) is 12.4. The Labute approximate surface area is 77.0 Å². The molecule has 0 spiro atoms. The van der Waals surface area contributed by atoms with E-state index in [2.05, 4.69) is 4.98 Å². The van der Waals surface area contributed by atoms with E-state index in [1.165, 1.54) is 0 Å². The zero-order valence-electron chi connectivity index (χ0n) is 7.31. The first-order valence-corrected chi connectivity index (χ1v) is 4.12. The number of primary amides is 1. The lowest BCUT2D eigenvalue weighted by Gasteiger charge is -2.07. The average Bonchev–Trinajstić information content (AvgIpc) is 2.04. The van der Waals surface area contributed by atoms with Gasteiger partial charge in [-0.05, 0) is 12.1 Å². The molecule has 0 radical (unpaired) electrons. The third-order valence-corrected chi connectivity index (χ3v) is 1.66. The van der Waals surface area contributed by atoms with Crippen molar-refractivity contribution in [1.82, 2.24) is 4.98 Å². The second-order valence-electron chi connectivity index (χ2n) is 2.96. The number of aromatic nitrogens is 1. The van der Waals surface area contributed by atoms with E-state index in [9.17, 15) is 4.79 Å². The molecule has 0 aliphatic heterocycles. The van der Waals surface area contributed by atoms with Gasteiger partial charge in [-0.2, -0.15) is 0 Å². The van der Waals surface area contributed by atoms with Crippen LogP contribution in [0.2, 0.25) is 0 Å². The van der Waals surface area contributed by atoms with Gasteiger partial charge in [0.2, 0.25) is 5.91 Å². The van der Waals surface area contributed by atoms with Gasteiger partial charge in [0.15, 0.2) is 0 Å². The van der Waals surface area contributed by atoms with Crippen molar-refractivity contribution in [3.8, 4) is 0 Å². The molecule has 4 heteroatoms. The monoisotopic (exact) mass is 179 g/mol. The number of pyridine rings is 1. The second kappa shape index (κ2) is 4.57. The summed E-state index contributed by atoms with van der Waals surface area (Å²) in [6, 6.07) is 5.37. The van der Waals surface area contributed by atoms with Gasteiger partial charge in [-0.25, -0.2) is 0 Å². The lowest BCUT2D eigenvalue weighted by atomic mass is 10.1. The highest BCUT2D eigenvalue weighted by molar-refractivity contribution is 5.74. The van der Waals surface area contributed by atoms with Crippen LogP contribution in [0.5, 0.6) is 0 Å². The van der Waals surface area contributed by atoms with Crippen LogP contribution < -0.4 is 11.5 Å². The molecule has 1 atom stereocenters. The largest absolute Gasteiger partial charge is 0.370 e. The molecule has 0 aromatic carbocycles. The molecule has 1 unspecified atom stereocenters. The lowest BCUT2D eigenvalue weighted by molar-refractivity contribution is -0.118. The van der Waals surface area contributed by atoms with E-state index in [0.29, 0.717) is 6.42 Å². The summed E-state index contributed by atoms with van der Waals surface area (Å²) in [5, 5.41) is 0. The van der Waals surface area contributed by atoms with E-state index < -0.39 is 0 Å². The third-order valence-electron chi connectivity index (χ3n) is 1.66. The maximum absolute atomic E-state index is 10.5. The number of amides is 1. The van der Waals surface area contributed by atoms with Crippen molar-refractivity contribution in [2.45, 2.75) is 18.9 Å². The number of rotatable bonds is 4. The van der Waals surface area contributed by atoms with Crippen LogP contribution in [0.1, 0.15) is 12.1 Å². The summed E-state index contributed by atoms with van der Waals surface area (Å²) in [7, 11) is 0. The number of nitrogens with two attached hydrogens (primary N) is 2. The van der Waals surface area contributed by atoms with Gasteiger partial charge in [-0.15, -0.1) is 0 Å². The average molecular weight is 179 g/mol. The van der Waals surface area contributed by atoms with Crippen LogP contribution in [-0.4, -0.2) is 16.9 Å². The molecule has 0 aliphatic carbocycles. The quantitative estimate of drug-likeness (QED) is 0.673. The second-order valence-corrected chi connectivity index (χ2v) is 2.96. The summed E-state index contributed by atoms with van der Waals surface area (Å²) in [5.41, 5.74) is 11.6. The number of hydrogen-bond donors (Lipinski definition) is 2. The fourth-order valence-electron chi connectivity index (χ4n) is 1.12. The van der Waals surface area contributed by atoms with E-state index in [0.717, 1.165) is 5.69 Å². The Morgan fingerprint density at radius 3 is 2.85 bits per heavy atom. The molecule has 70 valence electrons. The van der Waals surface area contributed by atoms with Gasteiger partial charge in [0, 0.05) is 30.8 Å². The summed E-state index contributed by atoms with van der Waals surface area (Å²) in [6.07, 6.45) is 2.49. The first-order valence-electron chi connectivity index (χ1n) is 4.12. The van der Waals surface area contributed by atoms with Crippen LogP contribution in [0, 0.1) is 0 Å². The van der Waals surface area contributed by atoms with Crippen LogP contribution in [0.4, 0.5) is 0 Å². The number of carbonyl (C=O) groups is 1. The molecule has 1 rings (SSSR count). The van der Waals surface area contributed by atoms with Crippen molar-refractivity contribution < 1.29 is 4.79 Å². The zero-order chi connectivity index (χ0) is 9.68. The molecule has 0 fully saturated rings. The van der Waals surface area contributed by atoms with Crippen molar-refractivity contribution in [3.05, 3.63) is 30.1 Å². The molecule has 0 saturated carbocycles. The fraction of sp³-hybridized carbons (Fsp3) is 0.333. The van der Waals surface area contributed by atoms with Crippen molar-refractivity contribution in [2.24, 2.45) is 11.5 Å². The number of hydrogen-bond acceptors (Lipinski definition) is 3. The predicted molar refractivity (Wildman–Crippen MR) is 49.7 cm³/mol. The van der Waals surface area contributed by atoms with Crippen LogP contribution in [0.25, 0.3) is 0 Å². The molecule has 1 aromatic rings. The van der Waals surface area contributed by atoms with Crippen molar-refractivity contribution in [2.75, 3.05) is 0 Å². The minimum atomic E-state index is -0.372. The van der Waals surface area contributed by atoms with Crippen LogP contribution >= 0.6 is 0 Å². The highest BCUT2D eigenvalue weighted by Gasteiger charge is 2.07. The van der Waals surface area contributed by atoms with Gasteiger partial charge in [0.05, 0.1) is 0 Å². The van der Waals surface area contributed by atoms with Gasteiger partial charge in [0.1, 0.15) is 0 Å².